The molecule has 0 aliphatic heterocycles. The minimum absolute atomic E-state index is 0.209. The van der Waals surface area contributed by atoms with Crippen molar-refractivity contribution < 1.29 is 5.11 Å². The summed E-state index contributed by atoms with van der Waals surface area (Å²) < 4.78 is 0.966. The van der Waals surface area contributed by atoms with Gasteiger partial charge in [0.1, 0.15) is 5.82 Å². The van der Waals surface area contributed by atoms with E-state index in [0.29, 0.717) is 12.2 Å². The number of nitrogens with one attached hydrogen (secondary N) is 1. The number of halogens is 1. The van der Waals surface area contributed by atoms with Crippen LogP contribution in [-0.4, -0.2) is 15.1 Å². The first kappa shape index (κ1) is 11.9. The van der Waals surface area contributed by atoms with E-state index in [1.165, 1.54) is 6.92 Å². The fourth-order valence-electron chi connectivity index (χ4n) is 1.49. The van der Waals surface area contributed by atoms with Crippen molar-refractivity contribution in [3.63, 3.8) is 0 Å². The zero-order chi connectivity index (χ0) is 12.4. The van der Waals surface area contributed by atoms with Gasteiger partial charge >= 0.3 is 0 Å². The maximum Gasteiger partial charge on any atom is 0.257 e. The number of aromatic amines is 1. The Morgan fingerprint density at radius 2 is 2.24 bits per heavy atom. The summed E-state index contributed by atoms with van der Waals surface area (Å²) in [5.41, 5.74) is 0.941. The van der Waals surface area contributed by atoms with E-state index in [4.69, 9.17) is 0 Å². The van der Waals surface area contributed by atoms with E-state index < -0.39 is 0 Å². The molecule has 1 heterocycles. The number of H-pyrrole nitrogens is 1. The van der Waals surface area contributed by atoms with E-state index in [-0.39, 0.29) is 17.0 Å². The number of hydrogen-bond donors (Lipinski definition) is 2. The third kappa shape index (κ3) is 2.74. The normalized spacial score (nSPS) is 10.5. The average molecular weight is 295 g/mol. The van der Waals surface area contributed by atoms with Crippen LogP contribution >= 0.6 is 15.9 Å². The summed E-state index contributed by atoms with van der Waals surface area (Å²) in [6.45, 7) is 1.53. The highest BCUT2D eigenvalue weighted by atomic mass is 79.9. The van der Waals surface area contributed by atoms with Gasteiger partial charge in [-0.2, -0.15) is 4.98 Å². The first-order valence-electron chi connectivity index (χ1n) is 5.09. The zero-order valence-corrected chi connectivity index (χ0v) is 10.8. The molecule has 17 heavy (non-hydrogen) atoms. The van der Waals surface area contributed by atoms with Crippen molar-refractivity contribution in [3.05, 3.63) is 56.0 Å². The van der Waals surface area contributed by atoms with E-state index in [1.54, 1.807) is 0 Å². The molecule has 0 saturated carbocycles. The third-order valence-corrected chi connectivity index (χ3v) is 2.93. The first-order chi connectivity index (χ1) is 8.06. The van der Waals surface area contributed by atoms with Crippen molar-refractivity contribution in [2.75, 3.05) is 0 Å². The van der Waals surface area contributed by atoms with Gasteiger partial charge in [0, 0.05) is 10.9 Å². The average Bonchev–Trinajstić information content (AvgIpc) is 2.26. The molecule has 0 saturated heterocycles. The topological polar surface area (TPSA) is 66.0 Å². The van der Waals surface area contributed by atoms with Crippen LogP contribution in [0.15, 0.2) is 33.5 Å². The van der Waals surface area contributed by atoms with Crippen LogP contribution in [0.25, 0.3) is 0 Å². The fraction of sp³-hybridized carbons (Fsp3) is 0.167. The minimum atomic E-state index is -0.303. The molecule has 4 nitrogen and oxygen atoms in total. The lowest BCUT2D eigenvalue weighted by atomic mass is 10.1. The molecule has 2 rings (SSSR count). The molecule has 2 aromatic rings. The van der Waals surface area contributed by atoms with Crippen LogP contribution in [0.5, 0.6) is 5.88 Å². The summed E-state index contributed by atoms with van der Waals surface area (Å²) in [5.74, 6) is 0.245. The van der Waals surface area contributed by atoms with E-state index in [2.05, 4.69) is 25.9 Å². The van der Waals surface area contributed by atoms with Gasteiger partial charge in [0.15, 0.2) is 0 Å². The molecule has 0 fully saturated rings. The van der Waals surface area contributed by atoms with Crippen LogP contribution in [0, 0.1) is 6.92 Å². The number of nitrogens with zero attached hydrogens (tertiary/aromatic N) is 1. The highest BCUT2D eigenvalue weighted by Crippen LogP contribution is 2.14. The van der Waals surface area contributed by atoms with E-state index >= 15 is 0 Å². The molecule has 0 aliphatic rings. The second-order valence-electron chi connectivity index (χ2n) is 3.77. The van der Waals surface area contributed by atoms with Crippen molar-refractivity contribution in [2.24, 2.45) is 0 Å². The number of benzene rings is 1. The zero-order valence-electron chi connectivity index (χ0n) is 9.20. The Balaban J connectivity index is 2.34. The summed E-state index contributed by atoms with van der Waals surface area (Å²) in [5, 5.41) is 9.47. The van der Waals surface area contributed by atoms with Crippen molar-refractivity contribution in [3.8, 4) is 5.88 Å². The van der Waals surface area contributed by atoms with Gasteiger partial charge < -0.3 is 10.1 Å². The summed E-state index contributed by atoms with van der Waals surface area (Å²) in [7, 11) is 0. The van der Waals surface area contributed by atoms with Gasteiger partial charge in [0.2, 0.25) is 5.88 Å². The highest BCUT2D eigenvalue weighted by Gasteiger charge is 2.06. The van der Waals surface area contributed by atoms with Gasteiger partial charge in [0.25, 0.3) is 5.56 Å². The second kappa shape index (κ2) is 4.71. The fourth-order valence-corrected chi connectivity index (χ4v) is 1.94. The van der Waals surface area contributed by atoms with Crippen molar-refractivity contribution in [2.45, 2.75) is 13.3 Å². The predicted octanol–water partition coefficient (Wildman–Crippen LogP) is 2.14. The molecule has 0 atom stereocenters. The molecule has 0 radical (unpaired) electrons. The SMILES string of the molecule is Cc1c(O)nc(Cc2cccc(Br)c2)[nH]c1=O. The Kier molecular flexibility index (Phi) is 3.28. The smallest absolute Gasteiger partial charge is 0.257 e. The van der Waals surface area contributed by atoms with Crippen LogP contribution in [0.1, 0.15) is 17.0 Å². The predicted molar refractivity (Wildman–Crippen MR) is 68.2 cm³/mol. The van der Waals surface area contributed by atoms with Crippen molar-refractivity contribution in [1.82, 2.24) is 9.97 Å². The lowest BCUT2D eigenvalue weighted by Crippen LogP contribution is -2.14. The maximum atomic E-state index is 11.5. The summed E-state index contributed by atoms with van der Waals surface area (Å²) in [6, 6.07) is 7.70. The van der Waals surface area contributed by atoms with Gasteiger partial charge in [0.05, 0.1) is 5.56 Å². The standard InChI is InChI=1S/C12H11BrN2O2/c1-7-11(16)14-10(15-12(7)17)6-8-3-2-4-9(13)5-8/h2-5H,6H2,1H3,(H2,14,15,16,17). The largest absolute Gasteiger partial charge is 0.493 e. The second-order valence-corrected chi connectivity index (χ2v) is 4.68. The molecule has 1 aromatic heterocycles. The van der Waals surface area contributed by atoms with Gasteiger partial charge in [-0.3, -0.25) is 4.79 Å². The van der Waals surface area contributed by atoms with Crippen LogP contribution in [0.2, 0.25) is 0 Å². The van der Waals surface area contributed by atoms with E-state index in [1.807, 2.05) is 24.3 Å². The van der Waals surface area contributed by atoms with Gasteiger partial charge in [-0.1, -0.05) is 28.1 Å². The Hall–Kier alpha value is -1.62. The summed E-state index contributed by atoms with van der Waals surface area (Å²) in [4.78, 5) is 18.0. The molecule has 2 N–H and O–H groups in total. The quantitative estimate of drug-likeness (QED) is 0.892. The minimum Gasteiger partial charge on any atom is -0.493 e. The first-order valence-corrected chi connectivity index (χ1v) is 5.89. The van der Waals surface area contributed by atoms with Crippen molar-refractivity contribution in [1.29, 1.82) is 0 Å². The van der Waals surface area contributed by atoms with Crippen molar-refractivity contribution >= 4 is 15.9 Å². The molecule has 1 aromatic carbocycles. The van der Waals surface area contributed by atoms with Gasteiger partial charge in [-0.15, -0.1) is 0 Å². The molecule has 0 amide bonds. The third-order valence-electron chi connectivity index (χ3n) is 2.44. The van der Waals surface area contributed by atoms with E-state index in [9.17, 15) is 9.90 Å². The lowest BCUT2D eigenvalue weighted by Gasteiger charge is -2.03. The molecule has 0 bridgehead atoms. The molecule has 88 valence electrons. The Morgan fingerprint density at radius 3 is 2.88 bits per heavy atom. The highest BCUT2D eigenvalue weighted by molar-refractivity contribution is 9.10. The van der Waals surface area contributed by atoms with Crippen LogP contribution < -0.4 is 5.56 Å². The number of aromatic nitrogens is 2. The Morgan fingerprint density at radius 1 is 1.47 bits per heavy atom. The summed E-state index contributed by atoms with van der Waals surface area (Å²) in [6.07, 6.45) is 0.475. The number of rotatable bonds is 2. The molecule has 0 aliphatic carbocycles. The van der Waals surface area contributed by atoms with Crippen LogP contribution in [-0.2, 0) is 6.42 Å². The number of aromatic hydroxyl groups is 1. The molecule has 0 spiro atoms. The Labute approximate surface area is 106 Å². The summed E-state index contributed by atoms with van der Waals surface area (Å²) >= 11 is 3.37. The number of hydrogen-bond acceptors (Lipinski definition) is 3. The molecular formula is C12H11BrN2O2. The van der Waals surface area contributed by atoms with Crippen LogP contribution in [0.3, 0.4) is 0 Å². The monoisotopic (exact) mass is 294 g/mol. The molecule has 0 unspecified atom stereocenters. The molecule has 5 heteroatoms. The van der Waals surface area contributed by atoms with Gasteiger partial charge in [-0.25, -0.2) is 0 Å². The van der Waals surface area contributed by atoms with E-state index in [0.717, 1.165) is 10.0 Å². The lowest BCUT2D eigenvalue weighted by molar-refractivity contribution is 0.443. The van der Waals surface area contributed by atoms with Crippen LogP contribution in [0.4, 0.5) is 0 Å². The maximum absolute atomic E-state index is 11.5. The Bertz CT molecular complexity index is 608. The van der Waals surface area contributed by atoms with Gasteiger partial charge in [-0.05, 0) is 24.6 Å². The molecular weight excluding hydrogens is 284 g/mol.